The molecule has 0 radical (unpaired) electrons. The van der Waals surface area contributed by atoms with Crippen LogP contribution in [0.2, 0.25) is 0 Å². The van der Waals surface area contributed by atoms with E-state index in [2.05, 4.69) is 18.0 Å². The number of piperidine rings is 1. The van der Waals surface area contributed by atoms with Crippen LogP contribution in [0.25, 0.3) is 0 Å². The van der Waals surface area contributed by atoms with Gasteiger partial charge < -0.3 is 14.4 Å². The summed E-state index contributed by atoms with van der Waals surface area (Å²) in [6.45, 7) is 4.44. The molecule has 2 fully saturated rings. The lowest BCUT2D eigenvalue weighted by Gasteiger charge is -2.38. The molecule has 2 atom stereocenters. The Hall–Kier alpha value is -3.07. The Morgan fingerprint density at radius 3 is 2.73 bits per heavy atom. The van der Waals surface area contributed by atoms with Gasteiger partial charge in [-0.05, 0) is 75.3 Å². The second kappa shape index (κ2) is 8.35. The van der Waals surface area contributed by atoms with Crippen molar-refractivity contribution in [2.45, 2.75) is 57.6 Å². The van der Waals surface area contributed by atoms with Gasteiger partial charge in [-0.3, -0.25) is 4.79 Å². The average molecular weight is 405 g/mol. The van der Waals surface area contributed by atoms with Gasteiger partial charge in [0.15, 0.2) is 0 Å². The molecule has 156 valence electrons. The summed E-state index contributed by atoms with van der Waals surface area (Å²) in [6.07, 6.45) is 5.40. The first-order valence-corrected chi connectivity index (χ1v) is 10.5. The number of aromatic nitrogens is 1. The van der Waals surface area contributed by atoms with Gasteiger partial charge in [0, 0.05) is 23.4 Å². The molecule has 1 amide bonds. The molecule has 0 unspecified atom stereocenters. The van der Waals surface area contributed by atoms with Crippen molar-refractivity contribution in [1.29, 1.82) is 5.26 Å². The number of ether oxygens (including phenoxy) is 2. The Kier molecular flexibility index (Phi) is 5.63. The van der Waals surface area contributed by atoms with Crippen LogP contribution in [0.1, 0.15) is 65.6 Å². The van der Waals surface area contributed by atoms with Gasteiger partial charge in [0.1, 0.15) is 11.9 Å². The zero-order valence-corrected chi connectivity index (χ0v) is 17.7. The van der Waals surface area contributed by atoms with Crippen molar-refractivity contribution in [3.8, 4) is 17.7 Å². The summed E-state index contributed by atoms with van der Waals surface area (Å²) < 4.78 is 11.5. The predicted octanol–water partition coefficient (Wildman–Crippen LogP) is 4.22. The van der Waals surface area contributed by atoms with E-state index >= 15 is 0 Å². The fourth-order valence-corrected chi connectivity index (χ4v) is 4.12. The van der Waals surface area contributed by atoms with Crippen molar-refractivity contribution >= 4 is 5.91 Å². The number of pyridine rings is 1. The zero-order chi connectivity index (χ0) is 21.3. The number of hydrogen-bond donors (Lipinski definition) is 0. The molecule has 1 saturated carbocycles. The smallest absolute Gasteiger partial charge is 0.254 e. The molecule has 1 saturated heterocycles. The Labute approximate surface area is 177 Å². The number of methoxy groups -OCH3 is 1. The summed E-state index contributed by atoms with van der Waals surface area (Å²) in [5, 5.41) is 9.24. The number of amides is 1. The van der Waals surface area contributed by atoms with Crippen molar-refractivity contribution in [2.24, 2.45) is 0 Å². The van der Waals surface area contributed by atoms with Gasteiger partial charge in [0.05, 0.1) is 25.3 Å². The maximum absolute atomic E-state index is 13.5. The molecule has 0 N–H and O–H groups in total. The van der Waals surface area contributed by atoms with Crippen LogP contribution in [0, 0.1) is 18.3 Å². The third-order valence-corrected chi connectivity index (χ3v) is 6.16. The molecule has 1 aromatic carbocycles. The summed E-state index contributed by atoms with van der Waals surface area (Å²) in [5.74, 6) is 1.77. The molecule has 30 heavy (non-hydrogen) atoms. The number of nitriles is 1. The van der Waals surface area contributed by atoms with E-state index in [0.717, 1.165) is 48.1 Å². The van der Waals surface area contributed by atoms with Gasteiger partial charge in [0.2, 0.25) is 5.88 Å². The van der Waals surface area contributed by atoms with Crippen LogP contribution in [0.4, 0.5) is 0 Å². The summed E-state index contributed by atoms with van der Waals surface area (Å²) in [5.41, 5.74) is 3.16. The minimum absolute atomic E-state index is 0.0517. The maximum atomic E-state index is 13.5. The highest BCUT2D eigenvalue weighted by Crippen LogP contribution is 2.43. The first kappa shape index (κ1) is 20.2. The van der Waals surface area contributed by atoms with Crippen LogP contribution in [-0.2, 0) is 0 Å². The van der Waals surface area contributed by atoms with Gasteiger partial charge in [0.25, 0.3) is 5.91 Å². The van der Waals surface area contributed by atoms with E-state index in [9.17, 15) is 10.1 Å². The standard InChI is InChI=1S/C24H27N3O3/c1-15-4-7-20(30-23-16(2)18(13-25)10-11-26-23)14-27(15)24(28)21-9-8-19(29-3)12-22(21)17-5-6-17/h8-12,15,17,20H,4-7,14H2,1-3H3/t15-,20-/m1/s1. The molecule has 6 nitrogen and oxygen atoms in total. The zero-order valence-electron chi connectivity index (χ0n) is 17.7. The first-order valence-electron chi connectivity index (χ1n) is 10.5. The topological polar surface area (TPSA) is 75.4 Å². The summed E-state index contributed by atoms with van der Waals surface area (Å²) >= 11 is 0. The molecule has 2 heterocycles. The summed E-state index contributed by atoms with van der Waals surface area (Å²) in [4.78, 5) is 19.7. The van der Waals surface area contributed by atoms with E-state index < -0.39 is 0 Å². The average Bonchev–Trinajstić information content (AvgIpc) is 3.61. The quantitative estimate of drug-likeness (QED) is 0.744. The van der Waals surface area contributed by atoms with Gasteiger partial charge in [-0.1, -0.05) is 0 Å². The van der Waals surface area contributed by atoms with E-state index in [1.54, 1.807) is 19.4 Å². The van der Waals surface area contributed by atoms with Crippen molar-refractivity contribution in [3.05, 3.63) is 52.7 Å². The largest absolute Gasteiger partial charge is 0.497 e. The molecule has 0 spiro atoms. The highest BCUT2D eigenvalue weighted by Gasteiger charge is 2.35. The number of hydrogen-bond acceptors (Lipinski definition) is 5. The van der Waals surface area contributed by atoms with Crippen LogP contribution >= 0.6 is 0 Å². The van der Waals surface area contributed by atoms with Gasteiger partial charge in [-0.15, -0.1) is 0 Å². The number of likely N-dealkylation sites (tertiary alicyclic amines) is 1. The Bertz CT molecular complexity index is 994. The van der Waals surface area contributed by atoms with Gasteiger partial charge >= 0.3 is 0 Å². The lowest BCUT2D eigenvalue weighted by molar-refractivity contribution is 0.0370. The van der Waals surface area contributed by atoms with E-state index in [4.69, 9.17) is 9.47 Å². The molecule has 1 aliphatic heterocycles. The summed E-state index contributed by atoms with van der Waals surface area (Å²) in [7, 11) is 1.65. The van der Waals surface area contributed by atoms with Crippen LogP contribution in [-0.4, -0.2) is 41.6 Å². The second-order valence-electron chi connectivity index (χ2n) is 8.25. The van der Waals surface area contributed by atoms with Crippen LogP contribution in [0.3, 0.4) is 0 Å². The molecule has 0 bridgehead atoms. The van der Waals surface area contributed by atoms with Crippen molar-refractivity contribution < 1.29 is 14.3 Å². The Morgan fingerprint density at radius 2 is 2.03 bits per heavy atom. The van der Waals surface area contributed by atoms with E-state index in [1.165, 1.54) is 0 Å². The number of benzene rings is 1. The fourth-order valence-electron chi connectivity index (χ4n) is 4.12. The number of carbonyl (C=O) groups excluding carboxylic acids is 1. The van der Waals surface area contributed by atoms with Crippen molar-refractivity contribution in [1.82, 2.24) is 9.88 Å². The lowest BCUT2D eigenvalue weighted by atomic mass is 9.97. The third kappa shape index (κ3) is 3.97. The molecular formula is C24H27N3O3. The first-order chi connectivity index (χ1) is 14.5. The highest BCUT2D eigenvalue weighted by atomic mass is 16.5. The van der Waals surface area contributed by atoms with E-state index in [-0.39, 0.29) is 18.1 Å². The van der Waals surface area contributed by atoms with Crippen LogP contribution in [0.5, 0.6) is 11.6 Å². The molecule has 2 aliphatic rings. The molecule has 4 rings (SSSR count). The molecule has 6 heteroatoms. The maximum Gasteiger partial charge on any atom is 0.254 e. The number of rotatable bonds is 5. The van der Waals surface area contributed by atoms with Crippen LogP contribution in [0.15, 0.2) is 30.5 Å². The lowest BCUT2D eigenvalue weighted by Crippen LogP contribution is -2.49. The van der Waals surface area contributed by atoms with E-state index in [1.807, 2.05) is 30.0 Å². The van der Waals surface area contributed by atoms with Gasteiger partial charge in [-0.25, -0.2) is 4.98 Å². The molecule has 1 aromatic heterocycles. The number of carbonyl (C=O) groups is 1. The minimum atomic E-state index is -0.145. The highest BCUT2D eigenvalue weighted by molar-refractivity contribution is 5.96. The predicted molar refractivity (Wildman–Crippen MR) is 113 cm³/mol. The Morgan fingerprint density at radius 1 is 1.23 bits per heavy atom. The fraction of sp³-hybridized carbons (Fsp3) is 0.458. The van der Waals surface area contributed by atoms with Gasteiger partial charge in [-0.2, -0.15) is 5.26 Å². The minimum Gasteiger partial charge on any atom is -0.497 e. The number of nitrogens with zero attached hydrogens (tertiary/aromatic N) is 3. The van der Waals surface area contributed by atoms with E-state index in [0.29, 0.717) is 23.9 Å². The second-order valence-corrected chi connectivity index (χ2v) is 8.25. The monoisotopic (exact) mass is 405 g/mol. The molecule has 2 aromatic rings. The third-order valence-electron chi connectivity index (χ3n) is 6.16. The molecular weight excluding hydrogens is 378 g/mol. The Balaban J connectivity index is 1.54. The van der Waals surface area contributed by atoms with Crippen molar-refractivity contribution in [2.75, 3.05) is 13.7 Å². The normalized spacial score (nSPS) is 21.1. The molecule has 1 aliphatic carbocycles. The SMILES string of the molecule is COc1ccc(C(=O)N2C[C@H](Oc3nccc(C#N)c3C)CC[C@H]2C)c(C2CC2)c1. The van der Waals surface area contributed by atoms with Crippen molar-refractivity contribution in [3.63, 3.8) is 0 Å². The summed E-state index contributed by atoms with van der Waals surface area (Å²) in [6, 6.07) is 9.76. The van der Waals surface area contributed by atoms with Crippen LogP contribution < -0.4 is 9.47 Å².